The van der Waals surface area contributed by atoms with Crippen molar-refractivity contribution < 1.29 is 17.9 Å². The number of sulfone groups is 1. The Morgan fingerprint density at radius 1 is 1.29 bits per heavy atom. The van der Waals surface area contributed by atoms with Gasteiger partial charge in [0.2, 0.25) is 0 Å². The summed E-state index contributed by atoms with van der Waals surface area (Å²) in [7, 11) is -2.20. The molecule has 0 aliphatic rings. The molecular weight excluding hydrogens is 242 g/mol. The Kier molecular flexibility index (Phi) is 4.65. The summed E-state index contributed by atoms with van der Waals surface area (Å²) in [6, 6.07) is 6.31. The van der Waals surface area contributed by atoms with Gasteiger partial charge < -0.3 is 10.5 Å². The van der Waals surface area contributed by atoms with E-state index in [0.717, 1.165) is 5.56 Å². The van der Waals surface area contributed by atoms with Gasteiger partial charge in [-0.1, -0.05) is 12.1 Å². The van der Waals surface area contributed by atoms with E-state index in [-0.39, 0.29) is 17.1 Å². The van der Waals surface area contributed by atoms with Crippen LogP contribution in [-0.4, -0.2) is 27.2 Å². The van der Waals surface area contributed by atoms with Crippen LogP contribution in [-0.2, 0) is 25.9 Å². The van der Waals surface area contributed by atoms with Crippen molar-refractivity contribution in [2.24, 2.45) is 5.73 Å². The van der Waals surface area contributed by atoms with Gasteiger partial charge in [-0.15, -0.1) is 0 Å². The Morgan fingerprint density at radius 3 is 2.35 bits per heavy atom. The molecule has 94 valence electrons. The SMILES string of the molecule is COC(=O)CCS(=O)(=O)c1ccc(CN)cc1. The van der Waals surface area contributed by atoms with E-state index in [1.54, 1.807) is 12.1 Å². The highest BCUT2D eigenvalue weighted by atomic mass is 32.2. The number of rotatable bonds is 5. The molecule has 0 bridgehead atoms. The number of hydrogen-bond donors (Lipinski definition) is 1. The fourth-order valence-corrected chi connectivity index (χ4v) is 2.49. The molecule has 6 heteroatoms. The fourth-order valence-electron chi connectivity index (χ4n) is 1.27. The standard InChI is InChI=1S/C11H15NO4S/c1-16-11(13)6-7-17(14,15)10-4-2-9(8-12)3-5-10/h2-5H,6-8,12H2,1H3. The Morgan fingerprint density at radius 2 is 1.88 bits per heavy atom. The topological polar surface area (TPSA) is 86.5 Å². The Balaban J connectivity index is 2.78. The van der Waals surface area contributed by atoms with Crippen LogP contribution in [0, 0.1) is 0 Å². The highest BCUT2D eigenvalue weighted by molar-refractivity contribution is 7.91. The molecule has 0 fully saturated rings. The van der Waals surface area contributed by atoms with Crippen LogP contribution in [0.2, 0.25) is 0 Å². The quantitative estimate of drug-likeness (QED) is 0.775. The lowest BCUT2D eigenvalue weighted by atomic mass is 10.2. The van der Waals surface area contributed by atoms with Crippen LogP contribution in [0.3, 0.4) is 0 Å². The van der Waals surface area contributed by atoms with Crippen LogP contribution < -0.4 is 5.73 Å². The lowest BCUT2D eigenvalue weighted by Crippen LogP contribution is -2.12. The van der Waals surface area contributed by atoms with Gasteiger partial charge >= 0.3 is 5.97 Å². The van der Waals surface area contributed by atoms with E-state index >= 15 is 0 Å². The summed E-state index contributed by atoms with van der Waals surface area (Å²) in [5.41, 5.74) is 6.27. The second-order valence-corrected chi connectivity index (χ2v) is 5.60. The number of hydrogen-bond acceptors (Lipinski definition) is 5. The summed E-state index contributed by atoms with van der Waals surface area (Å²) in [6.45, 7) is 0.364. The molecule has 0 aliphatic heterocycles. The molecule has 1 aromatic carbocycles. The summed E-state index contributed by atoms with van der Waals surface area (Å²) in [5, 5.41) is 0. The van der Waals surface area contributed by atoms with Crippen molar-refractivity contribution in [3.8, 4) is 0 Å². The number of methoxy groups -OCH3 is 1. The highest BCUT2D eigenvalue weighted by Crippen LogP contribution is 2.13. The summed E-state index contributed by atoms with van der Waals surface area (Å²) in [6.07, 6.45) is -0.141. The van der Waals surface area contributed by atoms with Crippen molar-refractivity contribution in [1.82, 2.24) is 0 Å². The minimum Gasteiger partial charge on any atom is -0.469 e. The third-order valence-corrected chi connectivity index (χ3v) is 4.05. The predicted molar refractivity (Wildman–Crippen MR) is 63.0 cm³/mol. The highest BCUT2D eigenvalue weighted by Gasteiger charge is 2.16. The van der Waals surface area contributed by atoms with Crippen molar-refractivity contribution in [2.45, 2.75) is 17.9 Å². The molecule has 0 heterocycles. The van der Waals surface area contributed by atoms with Crippen molar-refractivity contribution in [2.75, 3.05) is 12.9 Å². The third-order valence-electron chi connectivity index (χ3n) is 2.32. The van der Waals surface area contributed by atoms with E-state index in [0.29, 0.717) is 6.54 Å². The van der Waals surface area contributed by atoms with Crippen molar-refractivity contribution in [1.29, 1.82) is 0 Å². The summed E-state index contributed by atoms with van der Waals surface area (Å²) in [4.78, 5) is 11.1. The molecule has 0 radical (unpaired) electrons. The Hall–Kier alpha value is -1.40. The molecule has 0 aliphatic carbocycles. The van der Waals surface area contributed by atoms with Gasteiger partial charge in [-0.2, -0.15) is 0 Å². The number of ether oxygens (including phenoxy) is 1. The number of carbonyl (C=O) groups is 1. The van der Waals surface area contributed by atoms with E-state index in [1.165, 1.54) is 19.2 Å². The predicted octanol–water partition coefficient (Wildman–Crippen LogP) is 0.482. The number of carbonyl (C=O) groups excluding carboxylic acids is 1. The molecule has 5 nitrogen and oxygen atoms in total. The second-order valence-electron chi connectivity index (χ2n) is 3.49. The zero-order valence-corrected chi connectivity index (χ0v) is 10.4. The number of benzene rings is 1. The molecular formula is C11H15NO4S. The molecule has 0 saturated heterocycles. The van der Waals surface area contributed by atoms with Gasteiger partial charge in [-0.3, -0.25) is 4.79 Å². The molecule has 0 amide bonds. The smallest absolute Gasteiger partial charge is 0.306 e. The fraction of sp³-hybridized carbons (Fsp3) is 0.364. The van der Waals surface area contributed by atoms with E-state index < -0.39 is 15.8 Å². The summed E-state index contributed by atoms with van der Waals surface area (Å²) in [5.74, 6) is -0.783. The van der Waals surface area contributed by atoms with Crippen LogP contribution in [0.5, 0.6) is 0 Å². The van der Waals surface area contributed by atoms with E-state index in [9.17, 15) is 13.2 Å². The molecule has 0 unspecified atom stereocenters. The van der Waals surface area contributed by atoms with Gasteiger partial charge in [-0.05, 0) is 17.7 Å². The number of esters is 1. The lowest BCUT2D eigenvalue weighted by molar-refractivity contribution is -0.140. The van der Waals surface area contributed by atoms with Crippen LogP contribution in [0.4, 0.5) is 0 Å². The molecule has 1 rings (SSSR count). The maximum Gasteiger partial charge on any atom is 0.306 e. The van der Waals surface area contributed by atoms with Gasteiger partial charge in [0.05, 0.1) is 24.2 Å². The molecule has 0 aromatic heterocycles. The minimum atomic E-state index is -3.43. The maximum atomic E-state index is 11.8. The summed E-state index contributed by atoms with van der Waals surface area (Å²) >= 11 is 0. The van der Waals surface area contributed by atoms with Gasteiger partial charge in [0, 0.05) is 6.54 Å². The van der Waals surface area contributed by atoms with E-state index in [2.05, 4.69) is 4.74 Å². The average molecular weight is 257 g/mol. The Labute approximate surface area is 100 Å². The summed E-state index contributed by atoms with van der Waals surface area (Å²) < 4.78 is 28.0. The Bertz CT molecular complexity index is 479. The molecule has 1 aromatic rings. The average Bonchev–Trinajstić information content (AvgIpc) is 2.36. The zero-order chi connectivity index (χ0) is 12.9. The molecule has 17 heavy (non-hydrogen) atoms. The zero-order valence-electron chi connectivity index (χ0n) is 9.55. The minimum absolute atomic E-state index is 0.141. The molecule has 0 atom stereocenters. The van der Waals surface area contributed by atoms with Crippen molar-refractivity contribution in [3.05, 3.63) is 29.8 Å². The van der Waals surface area contributed by atoms with Crippen molar-refractivity contribution >= 4 is 15.8 Å². The molecule has 0 saturated carbocycles. The van der Waals surface area contributed by atoms with Crippen LogP contribution >= 0.6 is 0 Å². The monoisotopic (exact) mass is 257 g/mol. The third kappa shape index (κ3) is 3.83. The first-order valence-corrected chi connectivity index (χ1v) is 6.73. The molecule has 2 N–H and O–H groups in total. The normalized spacial score (nSPS) is 11.2. The van der Waals surface area contributed by atoms with E-state index in [4.69, 9.17) is 5.73 Å². The first-order valence-electron chi connectivity index (χ1n) is 5.08. The van der Waals surface area contributed by atoms with Gasteiger partial charge in [0.25, 0.3) is 0 Å². The van der Waals surface area contributed by atoms with Crippen LogP contribution in [0.1, 0.15) is 12.0 Å². The first-order chi connectivity index (χ1) is 7.99. The van der Waals surface area contributed by atoms with Gasteiger partial charge in [-0.25, -0.2) is 8.42 Å². The second kappa shape index (κ2) is 5.79. The maximum absolute atomic E-state index is 11.8. The first kappa shape index (κ1) is 13.7. The van der Waals surface area contributed by atoms with Crippen molar-refractivity contribution in [3.63, 3.8) is 0 Å². The lowest BCUT2D eigenvalue weighted by Gasteiger charge is -2.04. The van der Waals surface area contributed by atoms with Crippen LogP contribution in [0.25, 0.3) is 0 Å². The van der Waals surface area contributed by atoms with E-state index in [1.807, 2.05) is 0 Å². The largest absolute Gasteiger partial charge is 0.469 e. The van der Waals surface area contributed by atoms with Gasteiger partial charge in [0.15, 0.2) is 9.84 Å². The van der Waals surface area contributed by atoms with Gasteiger partial charge in [0.1, 0.15) is 0 Å². The van der Waals surface area contributed by atoms with Crippen LogP contribution in [0.15, 0.2) is 29.2 Å². The molecule has 0 spiro atoms. The number of nitrogens with two attached hydrogens (primary N) is 1.